The molecule has 0 aromatic heterocycles. The van der Waals surface area contributed by atoms with Crippen LogP contribution in [-0.4, -0.2) is 34.4 Å². The zero-order chi connectivity index (χ0) is 5.86. The predicted octanol–water partition coefficient (Wildman–Crippen LogP) is -1.22. The molecule has 0 aliphatic rings. The third-order valence-electron chi connectivity index (χ3n) is 0.502. The predicted molar refractivity (Wildman–Crippen MR) is 22.7 cm³/mol. The van der Waals surface area contributed by atoms with Crippen molar-refractivity contribution in [1.82, 2.24) is 0 Å². The molecular weight excluding hydrogens is 122 g/mol. The van der Waals surface area contributed by atoms with Crippen molar-refractivity contribution in [2.45, 2.75) is 12.4 Å². The summed E-state index contributed by atoms with van der Waals surface area (Å²) in [6.07, 6.45) is -3.61. The van der Waals surface area contributed by atoms with Gasteiger partial charge < -0.3 is 15.3 Å². The zero-order valence-electron chi connectivity index (χ0n) is 3.99. The number of aliphatic hydroxyl groups excluding tert-OH is 2. The number of alkyl halides is 1. The highest BCUT2D eigenvalue weighted by Gasteiger charge is 2.10. The Morgan fingerprint density at radius 3 is 1.62 bits per heavy atom. The third kappa shape index (κ3) is 3.91. The van der Waals surface area contributed by atoms with Crippen LogP contribution < -0.4 is 0 Å². The third-order valence-corrected chi connectivity index (χ3v) is 0.502. The Morgan fingerprint density at radius 1 is 1.25 bits per heavy atom. The van der Waals surface area contributed by atoms with Crippen molar-refractivity contribution in [2.75, 3.05) is 6.67 Å². The summed E-state index contributed by atoms with van der Waals surface area (Å²) < 4.78 is 11.1. The van der Waals surface area contributed by atoms with Gasteiger partial charge in [-0.25, -0.2) is 4.39 Å². The fourth-order valence-corrected chi connectivity index (χ4v) is 0.0797. The van der Waals surface area contributed by atoms with Crippen LogP contribution in [0, 0.1) is 0 Å². The molecule has 0 bridgehead atoms. The second-order valence-corrected chi connectivity index (χ2v) is 1.14. The number of rotatable bonds is 2. The molecule has 0 heterocycles. The van der Waals surface area contributed by atoms with E-state index in [1.165, 1.54) is 0 Å². The molecule has 5 heteroatoms. The quantitative estimate of drug-likeness (QED) is 0.410. The topological polar surface area (TPSA) is 60.7 Å². The monoisotopic (exact) mass is 130 g/mol. The van der Waals surface area contributed by atoms with Gasteiger partial charge in [-0.3, -0.25) is 4.70 Å². The SMILES string of the molecule is F.OC(O)C(O)CF. The first-order valence-electron chi connectivity index (χ1n) is 1.78. The molecule has 3 N–H and O–H groups in total. The number of halogens is 2. The molecule has 0 fully saturated rings. The summed E-state index contributed by atoms with van der Waals surface area (Å²) in [6.45, 7) is -1.13. The van der Waals surface area contributed by atoms with Crippen LogP contribution in [0.4, 0.5) is 9.09 Å². The Balaban J connectivity index is 0. The Labute approximate surface area is 44.7 Å². The summed E-state index contributed by atoms with van der Waals surface area (Å²) in [4.78, 5) is 0. The summed E-state index contributed by atoms with van der Waals surface area (Å²) >= 11 is 0. The second-order valence-electron chi connectivity index (χ2n) is 1.14. The van der Waals surface area contributed by atoms with Crippen LogP contribution in [0.1, 0.15) is 0 Å². The van der Waals surface area contributed by atoms with E-state index in [-0.39, 0.29) is 4.70 Å². The number of hydrogen-bond acceptors (Lipinski definition) is 3. The van der Waals surface area contributed by atoms with Crippen LogP contribution in [0.5, 0.6) is 0 Å². The van der Waals surface area contributed by atoms with Gasteiger partial charge in [0.2, 0.25) is 0 Å². The molecule has 1 atom stereocenters. The van der Waals surface area contributed by atoms with Crippen molar-refractivity contribution in [1.29, 1.82) is 0 Å². The molecule has 3 nitrogen and oxygen atoms in total. The van der Waals surface area contributed by atoms with Crippen LogP contribution in [0.3, 0.4) is 0 Å². The number of aliphatic hydroxyl groups is 3. The smallest absolute Gasteiger partial charge is 0.180 e. The Bertz CT molecular complexity index is 49.8. The Morgan fingerprint density at radius 2 is 1.62 bits per heavy atom. The molecule has 0 rings (SSSR count). The summed E-state index contributed by atoms with van der Waals surface area (Å²) in [5, 5.41) is 23.8. The minimum atomic E-state index is -1.95. The lowest BCUT2D eigenvalue weighted by molar-refractivity contribution is -0.126. The van der Waals surface area contributed by atoms with Gasteiger partial charge in [0.1, 0.15) is 12.8 Å². The van der Waals surface area contributed by atoms with Gasteiger partial charge in [-0.2, -0.15) is 0 Å². The van der Waals surface area contributed by atoms with Crippen molar-refractivity contribution in [2.24, 2.45) is 0 Å². The summed E-state index contributed by atoms with van der Waals surface area (Å²) in [5.74, 6) is 0. The van der Waals surface area contributed by atoms with Crippen LogP contribution in [0.2, 0.25) is 0 Å². The van der Waals surface area contributed by atoms with E-state index in [0.717, 1.165) is 0 Å². The van der Waals surface area contributed by atoms with E-state index >= 15 is 0 Å². The van der Waals surface area contributed by atoms with Gasteiger partial charge in [-0.1, -0.05) is 0 Å². The second kappa shape index (κ2) is 4.89. The first kappa shape index (κ1) is 10.7. The fourth-order valence-electron chi connectivity index (χ4n) is 0.0797. The zero-order valence-corrected chi connectivity index (χ0v) is 3.99. The normalized spacial score (nSPS) is 13.1. The minimum absolute atomic E-state index is 0. The largest absolute Gasteiger partial charge is 0.385 e. The van der Waals surface area contributed by atoms with Crippen molar-refractivity contribution < 1.29 is 24.4 Å². The van der Waals surface area contributed by atoms with Crippen molar-refractivity contribution in [3.63, 3.8) is 0 Å². The highest BCUT2D eigenvalue weighted by atomic mass is 19.1. The first-order chi connectivity index (χ1) is 3.18. The molecule has 0 aromatic rings. The lowest BCUT2D eigenvalue weighted by Crippen LogP contribution is -2.26. The van der Waals surface area contributed by atoms with E-state index in [1.807, 2.05) is 0 Å². The van der Waals surface area contributed by atoms with Crippen molar-refractivity contribution in [3.05, 3.63) is 0 Å². The van der Waals surface area contributed by atoms with Crippen molar-refractivity contribution >= 4 is 0 Å². The molecule has 0 saturated carbocycles. The molecule has 0 radical (unpaired) electrons. The summed E-state index contributed by atoms with van der Waals surface area (Å²) in [6, 6.07) is 0. The number of hydrogen-bond donors (Lipinski definition) is 3. The Kier molecular flexibility index (Phi) is 6.52. The molecule has 0 aliphatic carbocycles. The van der Waals surface area contributed by atoms with Gasteiger partial charge in [-0.15, -0.1) is 0 Å². The summed E-state index contributed by atoms with van der Waals surface area (Å²) in [5.41, 5.74) is 0. The average molecular weight is 130 g/mol. The van der Waals surface area contributed by atoms with Crippen LogP contribution in [0.15, 0.2) is 0 Å². The van der Waals surface area contributed by atoms with E-state index in [2.05, 4.69) is 0 Å². The average Bonchev–Trinajstić information content (AvgIpc) is 1.65. The maximum Gasteiger partial charge on any atom is 0.180 e. The molecule has 0 spiro atoms. The van der Waals surface area contributed by atoms with Crippen LogP contribution in [0.25, 0.3) is 0 Å². The molecule has 52 valence electrons. The molecule has 0 aliphatic heterocycles. The van der Waals surface area contributed by atoms with Gasteiger partial charge in [-0.05, 0) is 0 Å². The molecule has 0 saturated heterocycles. The molecule has 0 amide bonds. The fraction of sp³-hybridized carbons (Fsp3) is 1.00. The highest BCUT2D eigenvalue weighted by molar-refractivity contribution is 4.51. The van der Waals surface area contributed by atoms with Crippen molar-refractivity contribution in [3.8, 4) is 0 Å². The maximum absolute atomic E-state index is 11.1. The van der Waals surface area contributed by atoms with Crippen LogP contribution in [-0.2, 0) is 0 Å². The molecule has 8 heavy (non-hydrogen) atoms. The standard InChI is InChI=1S/C3H7FO3.FH/c4-1-2(5)3(6)7;/h2-3,5-7H,1H2;1H. The van der Waals surface area contributed by atoms with Gasteiger partial charge in [0, 0.05) is 0 Å². The van der Waals surface area contributed by atoms with Gasteiger partial charge >= 0.3 is 0 Å². The van der Waals surface area contributed by atoms with E-state index < -0.39 is 19.1 Å². The Hall–Kier alpha value is -0.260. The van der Waals surface area contributed by atoms with E-state index in [4.69, 9.17) is 15.3 Å². The van der Waals surface area contributed by atoms with E-state index in [9.17, 15) is 4.39 Å². The van der Waals surface area contributed by atoms with E-state index in [1.54, 1.807) is 0 Å². The minimum Gasteiger partial charge on any atom is -0.385 e. The molecule has 1 unspecified atom stereocenters. The summed E-state index contributed by atoms with van der Waals surface area (Å²) in [7, 11) is 0. The lowest BCUT2D eigenvalue weighted by atomic mass is 10.4. The van der Waals surface area contributed by atoms with E-state index in [0.29, 0.717) is 0 Å². The molecule has 0 aromatic carbocycles. The highest BCUT2D eigenvalue weighted by Crippen LogP contribution is 1.87. The molecular formula is C3H8F2O3. The van der Waals surface area contributed by atoms with Crippen LogP contribution >= 0.6 is 0 Å². The van der Waals surface area contributed by atoms with Gasteiger partial charge in [0.05, 0.1) is 0 Å². The first-order valence-corrected chi connectivity index (χ1v) is 1.78. The van der Waals surface area contributed by atoms with Gasteiger partial charge in [0.15, 0.2) is 6.29 Å². The lowest BCUT2D eigenvalue weighted by Gasteiger charge is -2.05. The van der Waals surface area contributed by atoms with Gasteiger partial charge in [0.25, 0.3) is 0 Å². The maximum atomic E-state index is 11.1.